The van der Waals surface area contributed by atoms with E-state index in [4.69, 9.17) is 0 Å². The lowest BCUT2D eigenvalue weighted by atomic mass is 10.2. The molecule has 1 amide bonds. The number of carbonyl (C=O) groups excluding carboxylic acids is 1. The molecule has 1 unspecified atom stereocenters. The predicted molar refractivity (Wildman–Crippen MR) is 79.0 cm³/mol. The van der Waals surface area contributed by atoms with Crippen molar-refractivity contribution in [1.29, 1.82) is 0 Å². The fraction of sp³-hybridized carbons (Fsp3) is 0.615. The van der Waals surface area contributed by atoms with Gasteiger partial charge in [-0.15, -0.1) is 11.3 Å². The normalized spacial score (nSPS) is 19.4. The molecule has 0 saturated carbocycles. The smallest absolute Gasteiger partial charge is 0.223 e. The second-order valence-corrected chi connectivity index (χ2v) is 6.58. The lowest BCUT2D eigenvalue weighted by Gasteiger charge is -2.24. The van der Waals surface area contributed by atoms with Crippen LogP contribution < -0.4 is 5.32 Å². The summed E-state index contributed by atoms with van der Waals surface area (Å²) in [7, 11) is 1.95. The third kappa shape index (κ3) is 3.56. The monoisotopic (exact) mass is 330 g/mol. The second kappa shape index (κ2) is 6.68. The van der Waals surface area contributed by atoms with Gasteiger partial charge in [-0.3, -0.25) is 4.79 Å². The number of hydrogen-bond donors (Lipinski definition) is 1. The van der Waals surface area contributed by atoms with E-state index in [2.05, 4.69) is 37.6 Å². The summed E-state index contributed by atoms with van der Waals surface area (Å²) in [6.45, 7) is 1.84. The van der Waals surface area contributed by atoms with Crippen molar-refractivity contribution < 1.29 is 4.79 Å². The lowest BCUT2D eigenvalue weighted by Crippen LogP contribution is -2.40. The van der Waals surface area contributed by atoms with Crippen molar-refractivity contribution >= 4 is 33.2 Å². The van der Waals surface area contributed by atoms with Crippen molar-refractivity contribution in [3.63, 3.8) is 0 Å². The molecule has 0 aliphatic carbocycles. The summed E-state index contributed by atoms with van der Waals surface area (Å²) in [5.74, 6) is 0.303. The SMILES string of the molecule is CNCC1CCCN1C(=O)CCc1cc(Br)cs1. The van der Waals surface area contributed by atoms with E-state index < -0.39 is 0 Å². The number of rotatable bonds is 5. The minimum absolute atomic E-state index is 0.303. The maximum Gasteiger partial charge on any atom is 0.223 e. The van der Waals surface area contributed by atoms with Crippen LogP contribution in [0.5, 0.6) is 0 Å². The summed E-state index contributed by atoms with van der Waals surface area (Å²) in [4.78, 5) is 15.5. The molecular weight excluding hydrogens is 312 g/mol. The Bertz CT molecular complexity index is 407. The molecule has 0 radical (unpaired) electrons. The van der Waals surface area contributed by atoms with Crippen LogP contribution in [0.3, 0.4) is 0 Å². The molecule has 1 aromatic heterocycles. The molecule has 1 aliphatic heterocycles. The van der Waals surface area contributed by atoms with E-state index in [1.165, 1.54) is 4.88 Å². The van der Waals surface area contributed by atoms with Crippen LogP contribution in [-0.2, 0) is 11.2 Å². The van der Waals surface area contributed by atoms with Crippen LogP contribution in [0.25, 0.3) is 0 Å². The van der Waals surface area contributed by atoms with Crippen LogP contribution in [0.1, 0.15) is 24.1 Å². The van der Waals surface area contributed by atoms with Crippen molar-refractivity contribution in [3.8, 4) is 0 Å². The average molecular weight is 331 g/mol. The summed E-state index contributed by atoms with van der Waals surface area (Å²) in [5.41, 5.74) is 0. The molecule has 1 saturated heterocycles. The van der Waals surface area contributed by atoms with Crippen molar-refractivity contribution in [3.05, 3.63) is 20.8 Å². The van der Waals surface area contributed by atoms with Crippen LogP contribution >= 0.6 is 27.3 Å². The van der Waals surface area contributed by atoms with Gasteiger partial charge in [0.25, 0.3) is 0 Å². The van der Waals surface area contributed by atoms with E-state index in [1.807, 2.05) is 7.05 Å². The third-order valence-electron chi connectivity index (χ3n) is 3.34. The number of halogens is 1. The molecule has 3 nitrogen and oxygen atoms in total. The average Bonchev–Trinajstić information content (AvgIpc) is 2.96. The molecule has 0 spiro atoms. The number of nitrogens with one attached hydrogen (secondary N) is 1. The largest absolute Gasteiger partial charge is 0.338 e. The van der Waals surface area contributed by atoms with E-state index in [1.54, 1.807) is 11.3 Å². The Morgan fingerprint density at radius 2 is 2.50 bits per heavy atom. The van der Waals surface area contributed by atoms with E-state index in [9.17, 15) is 4.79 Å². The highest BCUT2D eigenvalue weighted by Gasteiger charge is 2.27. The number of nitrogens with zero attached hydrogens (tertiary/aromatic N) is 1. The minimum Gasteiger partial charge on any atom is -0.338 e. The number of carbonyl (C=O) groups is 1. The van der Waals surface area contributed by atoms with Gasteiger partial charge in [0.2, 0.25) is 5.91 Å². The van der Waals surface area contributed by atoms with Gasteiger partial charge < -0.3 is 10.2 Å². The Balaban J connectivity index is 1.83. The summed E-state index contributed by atoms with van der Waals surface area (Å²) in [5, 5.41) is 5.24. The Morgan fingerprint density at radius 3 is 3.17 bits per heavy atom. The van der Waals surface area contributed by atoms with Gasteiger partial charge in [-0.25, -0.2) is 0 Å². The molecule has 1 aromatic rings. The van der Waals surface area contributed by atoms with E-state index in [0.29, 0.717) is 18.4 Å². The zero-order valence-corrected chi connectivity index (χ0v) is 13.0. The first-order chi connectivity index (χ1) is 8.70. The highest BCUT2D eigenvalue weighted by atomic mass is 79.9. The summed E-state index contributed by atoms with van der Waals surface area (Å²) >= 11 is 5.16. The van der Waals surface area contributed by atoms with Crippen molar-refractivity contribution in [1.82, 2.24) is 10.2 Å². The fourth-order valence-electron chi connectivity index (χ4n) is 2.47. The Morgan fingerprint density at radius 1 is 1.67 bits per heavy atom. The van der Waals surface area contributed by atoms with Crippen LogP contribution in [0.4, 0.5) is 0 Å². The maximum absolute atomic E-state index is 12.2. The molecule has 1 N–H and O–H groups in total. The highest BCUT2D eigenvalue weighted by molar-refractivity contribution is 9.10. The van der Waals surface area contributed by atoms with Crippen molar-refractivity contribution in [2.45, 2.75) is 31.7 Å². The molecule has 0 bridgehead atoms. The number of amides is 1. The summed E-state index contributed by atoms with van der Waals surface area (Å²) in [6, 6.07) is 2.50. The number of likely N-dealkylation sites (N-methyl/N-ethyl adjacent to an activating group) is 1. The van der Waals surface area contributed by atoms with Gasteiger partial charge in [-0.05, 0) is 48.3 Å². The van der Waals surface area contributed by atoms with Gasteiger partial charge in [0.1, 0.15) is 0 Å². The Labute approximate surface area is 121 Å². The zero-order chi connectivity index (χ0) is 13.0. The quantitative estimate of drug-likeness (QED) is 0.900. The number of aryl methyl sites for hydroxylation is 1. The van der Waals surface area contributed by atoms with Gasteiger partial charge in [-0.1, -0.05) is 0 Å². The standard InChI is InChI=1S/C13H19BrN2OS/c1-15-8-11-3-2-6-16(11)13(17)5-4-12-7-10(14)9-18-12/h7,9,11,15H,2-6,8H2,1H3. The van der Waals surface area contributed by atoms with Gasteiger partial charge >= 0.3 is 0 Å². The number of thiophene rings is 1. The summed E-state index contributed by atoms with van der Waals surface area (Å²) < 4.78 is 1.11. The first-order valence-electron chi connectivity index (χ1n) is 6.37. The van der Waals surface area contributed by atoms with Crippen LogP contribution in [-0.4, -0.2) is 37.0 Å². The van der Waals surface area contributed by atoms with Gasteiger partial charge in [0, 0.05) is 40.3 Å². The Kier molecular flexibility index (Phi) is 5.21. The van der Waals surface area contributed by atoms with Gasteiger partial charge in [0.15, 0.2) is 0 Å². The van der Waals surface area contributed by atoms with Crippen LogP contribution in [0, 0.1) is 0 Å². The molecular formula is C13H19BrN2OS. The topological polar surface area (TPSA) is 32.3 Å². The maximum atomic E-state index is 12.2. The molecule has 2 rings (SSSR count). The zero-order valence-electron chi connectivity index (χ0n) is 10.6. The van der Waals surface area contributed by atoms with Gasteiger partial charge in [0.05, 0.1) is 0 Å². The number of hydrogen-bond acceptors (Lipinski definition) is 3. The molecule has 18 heavy (non-hydrogen) atoms. The number of likely N-dealkylation sites (tertiary alicyclic amines) is 1. The van der Waals surface area contributed by atoms with E-state index in [-0.39, 0.29) is 0 Å². The molecule has 1 aliphatic rings. The Hall–Kier alpha value is -0.390. The first-order valence-corrected chi connectivity index (χ1v) is 8.05. The van der Waals surface area contributed by atoms with E-state index >= 15 is 0 Å². The van der Waals surface area contributed by atoms with Crippen LogP contribution in [0.2, 0.25) is 0 Å². The highest BCUT2D eigenvalue weighted by Crippen LogP contribution is 2.22. The minimum atomic E-state index is 0.303. The summed E-state index contributed by atoms with van der Waals surface area (Å²) in [6.07, 6.45) is 3.77. The molecule has 100 valence electrons. The van der Waals surface area contributed by atoms with Crippen molar-refractivity contribution in [2.75, 3.05) is 20.1 Å². The molecule has 1 atom stereocenters. The second-order valence-electron chi connectivity index (χ2n) is 4.67. The molecule has 0 aromatic carbocycles. The predicted octanol–water partition coefficient (Wildman–Crippen LogP) is 2.65. The molecule has 2 heterocycles. The first kappa shape index (κ1) is 14.0. The lowest BCUT2D eigenvalue weighted by molar-refractivity contribution is -0.131. The van der Waals surface area contributed by atoms with E-state index in [0.717, 1.165) is 36.8 Å². The van der Waals surface area contributed by atoms with Crippen molar-refractivity contribution in [2.24, 2.45) is 0 Å². The van der Waals surface area contributed by atoms with Gasteiger partial charge in [-0.2, -0.15) is 0 Å². The van der Waals surface area contributed by atoms with Crippen LogP contribution in [0.15, 0.2) is 15.9 Å². The molecule has 5 heteroatoms. The third-order valence-corrected chi connectivity index (χ3v) is 5.10. The fourth-order valence-corrected chi connectivity index (χ4v) is 3.93. The molecule has 1 fully saturated rings.